The molecule has 168 valence electrons. The van der Waals surface area contributed by atoms with Gasteiger partial charge in [-0.2, -0.15) is 0 Å². The SMILES string of the molecule is CCCN(CCC)CCCNC(=O)[C@@H]1CCCN(c2nnc(N3CCCC3=O)s2)C1. The Morgan fingerprint density at radius 3 is 2.60 bits per heavy atom. The molecule has 2 saturated heterocycles. The number of nitrogens with zero attached hydrogens (tertiary/aromatic N) is 5. The topological polar surface area (TPSA) is 81.7 Å². The zero-order valence-electron chi connectivity index (χ0n) is 18.4. The molecule has 0 aromatic carbocycles. The number of piperidine rings is 1. The largest absolute Gasteiger partial charge is 0.356 e. The molecule has 2 aliphatic rings. The molecule has 9 heteroatoms. The third-order valence-electron chi connectivity index (χ3n) is 5.80. The molecule has 3 rings (SSSR count). The van der Waals surface area contributed by atoms with E-state index < -0.39 is 0 Å². The van der Waals surface area contributed by atoms with E-state index in [9.17, 15) is 9.59 Å². The van der Waals surface area contributed by atoms with E-state index in [1.807, 2.05) is 0 Å². The predicted octanol–water partition coefficient (Wildman–Crippen LogP) is 2.51. The van der Waals surface area contributed by atoms with Crippen LogP contribution in [0.4, 0.5) is 10.3 Å². The molecule has 0 saturated carbocycles. The third kappa shape index (κ3) is 6.14. The van der Waals surface area contributed by atoms with Gasteiger partial charge in [0.05, 0.1) is 5.92 Å². The molecule has 1 aromatic heterocycles. The Balaban J connectivity index is 1.44. The lowest BCUT2D eigenvalue weighted by Crippen LogP contribution is -2.43. The third-order valence-corrected chi connectivity index (χ3v) is 6.81. The molecule has 2 amide bonds. The van der Waals surface area contributed by atoms with Gasteiger partial charge in [-0.15, -0.1) is 10.2 Å². The summed E-state index contributed by atoms with van der Waals surface area (Å²) < 4.78 is 0. The summed E-state index contributed by atoms with van der Waals surface area (Å²) in [7, 11) is 0. The molecule has 30 heavy (non-hydrogen) atoms. The van der Waals surface area contributed by atoms with Crippen LogP contribution < -0.4 is 15.1 Å². The zero-order chi connectivity index (χ0) is 21.3. The standard InChI is InChI=1S/C21H36N6O2S/c1-3-11-25(12-4-2)13-7-10-22-19(29)17-8-5-14-26(16-17)20-23-24-21(30-20)27-15-6-9-18(27)28/h17H,3-16H2,1-2H3,(H,22,29)/t17-/m1/s1. The lowest BCUT2D eigenvalue weighted by atomic mass is 9.97. The van der Waals surface area contributed by atoms with E-state index in [0.717, 1.165) is 70.1 Å². The Bertz CT molecular complexity index is 691. The van der Waals surface area contributed by atoms with Crippen LogP contribution in [-0.4, -0.2) is 72.7 Å². The van der Waals surface area contributed by atoms with E-state index in [-0.39, 0.29) is 17.7 Å². The smallest absolute Gasteiger partial charge is 0.228 e. The summed E-state index contributed by atoms with van der Waals surface area (Å²) in [5.41, 5.74) is 0. The van der Waals surface area contributed by atoms with Crippen molar-refractivity contribution in [2.75, 3.05) is 55.6 Å². The Kier molecular flexibility index (Phi) is 8.87. The summed E-state index contributed by atoms with van der Waals surface area (Å²) in [5, 5.41) is 13.2. The van der Waals surface area contributed by atoms with E-state index in [4.69, 9.17) is 0 Å². The number of anilines is 2. The molecule has 3 heterocycles. The van der Waals surface area contributed by atoms with E-state index in [1.165, 1.54) is 24.2 Å². The van der Waals surface area contributed by atoms with Crippen molar-refractivity contribution in [3.05, 3.63) is 0 Å². The number of aromatic nitrogens is 2. The minimum Gasteiger partial charge on any atom is -0.356 e. The second-order valence-electron chi connectivity index (χ2n) is 8.29. The Morgan fingerprint density at radius 2 is 1.90 bits per heavy atom. The van der Waals surface area contributed by atoms with Crippen LogP contribution >= 0.6 is 11.3 Å². The van der Waals surface area contributed by atoms with Crippen molar-refractivity contribution in [1.82, 2.24) is 20.4 Å². The second-order valence-corrected chi connectivity index (χ2v) is 9.22. The van der Waals surface area contributed by atoms with Gasteiger partial charge in [0.1, 0.15) is 0 Å². The van der Waals surface area contributed by atoms with Gasteiger partial charge in [-0.1, -0.05) is 25.2 Å². The molecule has 0 bridgehead atoms. The molecule has 2 aliphatic heterocycles. The summed E-state index contributed by atoms with van der Waals surface area (Å²) in [6, 6.07) is 0. The van der Waals surface area contributed by atoms with Crippen molar-refractivity contribution >= 4 is 33.4 Å². The number of carbonyl (C=O) groups excluding carboxylic acids is 2. The van der Waals surface area contributed by atoms with Gasteiger partial charge in [0, 0.05) is 32.6 Å². The minimum absolute atomic E-state index is 0.0121. The summed E-state index contributed by atoms with van der Waals surface area (Å²) in [4.78, 5) is 31.0. The molecule has 1 aromatic rings. The van der Waals surface area contributed by atoms with Crippen LogP contribution in [0.15, 0.2) is 0 Å². The average molecular weight is 437 g/mol. The number of hydrogen-bond donors (Lipinski definition) is 1. The Morgan fingerprint density at radius 1 is 1.13 bits per heavy atom. The molecule has 0 radical (unpaired) electrons. The minimum atomic E-state index is -0.0121. The van der Waals surface area contributed by atoms with Crippen LogP contribution in [-0.2, 0) is 9.59 Å². The molecule has 0 spiro atoms. The van der Waals surface area contributed by atoms with Crippen molar-refractivity contribution in [2.24, 2.45) is 5.92 Å². The van der Waals surface area contributed by atoms with Gasteiger partial charge in [-0.05, 0) is 58.2 Å². The van der Waals surface area contributed by atoms with Crippen molar-refractivity contribution in [3.63, 3.8) is 0 Å². The lowest BCUT2D eigenvalue weighted by Gasteiger charge is -2.31. The van der Waals surface area contributed by atoms with E-state index in [2.05, 4.69) is 39.2 Å². The fourth-order valence-electron chi connectivity index (χ4n) is 4.29. The predicted molar refractivity (Wildman–Crippen MR) is 121 cm³/mol. The molecule has 2 fully saturated rings. The van der Waals surface area contributed by atoms with Crippen molar-refractivity contribution in [2.45, 2.75) is 58.8 Å². The van der Waals surface area contributed by atoms with Gasteiger partial charge in [-0.3, -0.25) is 14.5 Å². The highest BCUT2D eigenvalue weighted by Gasteiger charge is 2.29. The van der Waals surface area contributed by atoms with Crippen molar-refractivity contribution in [1.29, 1.82) is 0 Å². The molecule has 8 nitrogen and oxygen atoms in total. The van der Waals surface area contributed by atoms with Gasteiger partial charge < -0.3 is 15.1 Å². The van der Waals surface area contributed by atoms with E-state index in [0.29, 0.717) is 18.1 Å². The van der Waals surface area contributed by atoms with Crippen molar-refractivity contribution in [3.8, 4) is 0 Å². The first-order valence-corrected chi connectivity index (χ1v) is 12.3. The van der Waals surface area contributed by atoms with Gasteiger partial charge in [0.15, 0.2) is 0 Å². The molecule has 1 N–H and O–H groups in total. The molecular formula is C21H36N6O2S. The number of carbonyl (C=O) groups is 2. The summed E-state index contributed by atoms with van der Waals surface area (Å²) in [5.74, 6) is 0.267. The average Bonchev–Trinajstić information content (AvgIpc) is 3.40. The highest BCUT2D eigenvalue weighted by Crippen LogP contribution is 2.32. The molecular weight excluding hydrogens is 400 g/mol. The summed E-state index contributed by atoms with van der Waals surface area (Å²) >= 11 is 1.46. The molecule has 1 atom stereocenters. The van der Waals surface area contributed by atoms with Crippen LogP contribution in [0.2, 0.25) is 0 Å². The first kappa shape index (κ1) is 22.9. The fourth-order valence-corrected chi connectivity index (χ4v) is 5.21. The molecule has 0 aliphatic carbocycles. The van der Waals surface area contributed by atoms with Crippen LogP contribution in [0, 0.1) is 5.92 Å². The number of hydrogen-bond acceptors (Lipinski definition) is 7. The van der Waals surface area contributed by atoms with E-state index in [1.54, 1.807) is 4.90 Å². The van der Waals surface area contributed by atoms with Crippen LogP contribution in [0.25, 0.3) is 0 Å². The number of nitrogens with one attached hydrogen (secondary N) is 1. The number of amides is 2. The Labute approximate surface area is 184 Å². The van der Waals surface area contributed by atoms with Crippen LogP contribution in [0.1, 0.15) is 58.8 Å². The monoisotopic (exact) mass is 436 g/mol. The second kappa shape index (κ2) is 11.6. The lowest BCUT2D eigenvalue weighted by molar-refractivity contribution is -0.125. The van der Waals surface area contributed by atoms with Gasteiger partial charge >= 0.3 is 0 Å². The van der Waals surface area contributed by atoms with Gasteiger partial charge in [0.2, 0.25) is 22.1 Å². The van der Waals surface area contributed by atoms with Gasteiger partial charge in [0.25, 0.3) is 0 Å². The van der Waals surface area contributed by atoms with E-state index >= 15 is 0 Å². The zero-order valence-corrected chi connectivity index (χ0v) is 19.3. The number of rotatable bonds is 11. The van der Waals surface area contributed by atoms with Gasteiger partial charge in [-0.25, -0.2) is 0 Å². The maximum atomic E-state index is 12.7. The highest BCUT2D eigenvalue weighted by molar-refractivity contribution is 7.19. The summed E-state index contributed by atoms with van der Waals surface area (Å²) in [6.07, 6.45) is 6.69. The fraction of sp³-hybridized carbons (Fsp3) is 0.810. The molecule has 0 unspecified atom stereocenters. The Hall–Kier alpha value is -1.74. The van der Waals surface area contributed by atoms with Crippen molar-refractivity contribution < 1.29 is 9.59 Å². The highest BCUT2D eigenvalue weighted by atomic mass is 32.1. The maximum Gasteiger partial charge on any atom is 0.228 e. The quantitative estimate of drug-likeness (QED) is 0.537. The first-order valence-electron chi connectivity index (χ1n) is 11.5. The van der Waals surface area contributed by atoms with Crippen LogP contribution in [0.5, 0.6) is 0 Å². The first-order chi connectivity index (χ1) is 14.6. The summed E-state index contributed by atoms with van der Waals surface area (Å²) in [6.45, 7) is 10.7. The maximum absolute atomic E-state index is 12.7. The van der Waals surface area contributed by atoms with Crippen LogP contribution in [0.3, 0.4) is 0 Å². The normalized spacial score (nSPS) is 19.7.